The number of rotatable bonds is 3. The van der Waals surface area contributed by atoms with Crippen molar-refractivity contribution in [2.45, 2.75) is 32.2 Å². The average molecular weight is 142 g/mol. The Hall–Kier alpha value is -0.0800. The van der Waals surface area contributed by atoms with Gasteiger partial charge >= 0.3 is 0 Å². The van der Waals surface area contributed by atoms with Gasteiger partial charge in [0, 0.05) is 12.1 Å². The van der Waals surface area contributed by atoms with Crippen LogP contribution in [-0.4, -0.2) is 18.6 Å². The summed E-state index contributed by atoms with van der Waals surface area (Å²) in [6.45, 7) is 6.26. The first-order valence-corrected chi connectivity index (χ1v) is 4.17. The Morgan fingerprint density at radius 3 is 2.50 bits per heavy atom. The fourth-order valence-electron chi connectivity index (χ4n) is 2.03. The van der Waals surface area contributed by atoms with Gasteiger partial charge < -0.3 is 11.1 Å². The van der Waals surface area contributed by atoms with Gasteiger partial charge in [-0.25, -0.2) is 0 Å². The van der Waals surface area contributed by atoms with E-state index in [2.05, 4.69) is 19.2 Å². The third kappa shape index (κ3) is 1.32. The predicted octanol–water partition coefficient (Wildman–Crippen LogP) is 0.723. The standard InChI is InChI=1S/C8H18N2/c1-3-10-8(6-9)4-7(2)5-8/h7,10H,3-6,9H2,1-2H3. The van der Waals surface area contributed by atoms with Crippen LogP contribution in [0.5, 0.6) is 0 Å². The van der Waals surface area contributed by atoms with E-state index < -0.39 is 0 Å². The molecule has 0 heterocycles. The zero-order valence-electron chi connectivity index (χ0n) is 6.98. The summed E-state index contributed by atoms with van der Waals surface area (Å²) in [7, 11) is 0. The largest absolute Gasteiger partial charge is 0.329 e. The van der Waals surface area contributed by atoms with Crippen LogP contribution >= 0.6 is 0 Å². The molecule has 2 heteroatoms. The van der Waals surface area contributed by atoms with E-state index in [1.54, 1.807) is 0 Å². The molecule has 0 amide bonds. The van der Waals surface area contributed by atoms with E-state index in [0.29, 0.717) is 5.54 Å². The molecule has 0 spiro atoms. The Labute approximate surface area is 63.2 Å². The van der Waals surface area contributed by atoms with E-state index in [9.17, 15) is 0 Å². The van der Waals surface area contributed by atoms with Gasteiger partial charge in [-0.1, -0.05) is 13.8 Å². The van der Waals surface area contributed by atoms with Gasteiger partial charge in [0.05, 0.1) is 0 Å². The van der Waals surface area contributed by atoms with Crippen molar-refractivity contribution in [3.63, 3.8) is 0 Å². The molecule has 1 aliphatic rings. The van der Waals surface area contributed by atoms with E-state index in [1.165, 1.54) is 12.8 Å². The maximum atomic E-state index is 5.65. The minimum atomic E-state index is 0.314. The molecule has 0 aromatic rings. The van der Waals surface area contributed by atoms with Gasteiger partial charge in [-0.05, 0) is 25.3 Å². The molecule has 1 aliphatic carbocycles. The first-order valence-electron chi connectivity index (χ1n) is 4.17. The molecule has 0 radical (unpaired) electrons. The molecule has 0 bridgehead atoms. The maximum absolute atomic E-state index is 5.65. The highest BCUT2D eigenvalue weighted by atomic mass is 15.0. The normalized spacial score (nSPS) is 39.3. The zero-order valence-corrected chi connectivity index (χ0v) is 6.98. The zero-order chi connectivity index (χ0) is 7.61. The lowest BCUT2D eigenvalue weighted by Crippen LogP contribution is -2.59. The SMILES string of the molecule is CCNC1(CN)CC(C)C1. The molecule has 3 N–H and O–H groups in total. The summed E-state index contributed by atoms with van der Waals surface area (Å²) in [5, 5.41) is 3.45. The first kappa shape index (κ1) is 8.02. The van der Waals surface area contributed by atoms with Crippen molar-refractivity contribution in [2.75, 3.05) is 13.1 Å². The lowest BCUT2D eigenvalue weighted by atomic mass is 9.69. The second kappa shape index (κ2) is 2.89. The average Bonchev–Trinajstić information content (AvgIpc) is 1.84. The Bertz CT molecular complexity index is 100. The molecule has 60 valence electrons. The van der Waals surface area contributed by atoms with Gasteiger partial charge in [0.2, 0.25) is 0 Å². The molecule has 1 saturated carbocycles. The lowest BCUT2D eigenvalue weighted by molar-refractivity contribution is 0.126. The van der Waals surface area contributed by atoms with Crippen LogP contribution in [0.4, 0.5) is 0 Å². The van der Waals surface area contributed by atoms with Crippen molar-refractivity contribution >= 4 is 0 Å². The predicted molar refractivity (Wildman–Crippen MR) is 43.9 cm³/mol. The molecule has 0 aromatic carbocycles. The summed E-state index contributed by atoms with van der Waals surface area (Å²) in [6, 6.07) is 0. The van der Waals surface area contributed by atoms with Crippen LogP contribution in [0.15, 0.2) is 0 Å². The van der Waals surface area contributed by atoms with Crippen molar-refractivity contribution in [2.24, 2.45) is 11.7 Å². The number of hydrogen-bond donors (Lipinski definition) is 2. The number of hydrogen-bond acceptors (Lipinski definition) is 2. The highest BCUT2D eigenvalue weighted by Gasteiger charge is 2.39. The van der Waals surface area contributed by atoms with Crippen LogP contribution in [0.1, 0.15) is 26.7 Å². The summed E-state index contributed by atoms with van der Waals surface area (Å²) in [6.07, 6.45) is 2.52. The quantitative estimate of drug-likeness (QED) is 0.609. The molecule has 0 aliphatic heterocycles. The second-order valence-electron chi connectivity index (χ2n) is 3.53. The van der Waals surface area contributed by atoms with Gasteiger partial charge in [0.25, 0.3) is 0 Å². The van der Waals surface area contributed by atoms with Crippen LogP contribution in [0.3, 0.4) is 0 Å². The minimum Gasteiger partial charge on any atom is -0.329 e. The Morgan fingerprint density at radius 2 is 2.20 bits per heavy atom. The highest BCUT2D eigenvalue weighted by Crippen LogP contribution is 2.36. The summed E-state index contributed by atoms with van der Waals surface area (Å²) in [5.41, 5.74) is 5.97. The van der Waals surface area contributed by atoms with Gasteiger partial charge in [0.1, 0.15) is 0 Å². The monoisotopic (exact) mass is 142 g/mol. The highest BCUT2D eigenvalue weighted by molar-refractivity contribution is 4.99. The first-order chi connectivity index (χ1) is 4.72. The van der Waals surface area contributed by atoms with Gasteiger partial charge in [-0.15, -0.1) is 0 Å². The van der Waals surface area contributed by atoms with Crippen molar-refractivity contribution in [3.05, 3.63) is 0 Å². The van der Waals surface area contributed by atoms with E-state index in [-0.39, 0.29) is 0 Å². The van der Waals surface area contributed by atoms with Crippen LogP contribution < -0.4 is 11.1 Å². The summed E-state index contributed by atoms with van der Waals surface area (Å²) in [4.78, 5) is 0. The molecule has 10 heavy (non-hydrogen) atoms. The molecule has 0 atom stereocenters. The molecule has 0 aromatic heterocycles. The van der Waals surface area contributed by atoms with Crippen LogP contribution in [-0.2, 0) is 0 Å². The molecule has 0 saturated heterocycles. The maximum Gasteiger partial charge on any atom is 0.0309 e. The van der Waals surface area contributed by atoms with E-state index in [4.69, 9.17) is 5.73 Å². The van der Waals surface area contributed by atoms with E-state index >= 15 is 0 Å². The summed E-state index contributed by atoms with van der Waals surface area (Å²) in [5.74, 6) is 0.877. The molecular weight excluding hydrogens is 124 g/mol. The van der Waals surface area contributed by atoms with Crippen molar-refractivity contribution in [3.8, 4) is 0 Å². The van der Waals surface area contributed by atoms with Gasteiger partial charge in [-0.3, -0.25) is 0 Å². The van der Waals surface area contributed by atoms with Crippen molar-refractivity contribution in [1.29, 1.82) is 0 Å². The van der Waals surface area contributed by atoms with Crippen molar-refractivity contribution in [1.82, 2.24) is 5.32 Å². The smallest absolute Gasteiger partial charge is 0.0309 e. The topological polar surface area (TPSA) is 38.0 Å². The molecular formula is C8H18N2. The Balaban J connectivity index is 2.32. The lowest BCUT2D eigenvalue weighted by Gasteiger charge is -2.46. The Morgan fingerprint density at radius 1 is 1.60 bits per heavy atom. The third-order valence-electron chi connectivity index (χ3n) is 2.42. The van der Waals surface area contributed by atoms with Gasteiger partial charge in [0.15, 0.2) is 0 Å². The van der Waals surface area contributed by atoms with Crippen LogP contribution in [0.25, 0.3) is 0 Å². The number of nitrogens with two attached hydrogens (primary N) is 1. The van der Waals surface area contributed by atoms with Crippen LogP contribution in [0, 0.1) is 5.92 Å². The molecule has 1 rings (SSSR count). The Kier molecular flexibility index (Phi) is 2.32. The van der Waals surface area contributed by atoms with E-state index in [0.717, 1.165) is 19.0 Å². The molecule has 1 fully saturated rings. The molecule has 0 unspecified atom stereocenters. The fourth-order valence-corrected chi connectivity index (χ4v) is 2.03. The molecule has 2 nitrogen and oxygen atoms in total. The summed E-state index contributed by atoms with van der Waals surface area (Å²) >= 11 is 0. The third-order valence-corrected chi connectivity index (χ3v) is 2.42. The van der Waals surface area contributed by atoms with Crippen LogP contribution in [0.2, 0.25) is 0 Å². The fraction of sp³-hybridized carbons (Fsp3) is 1.00. The second-order valence-corrected chi connectivity index (χ2v) is 3.53. The summed E-state index contributed by atoms with van der Waals surface area (Å²) < 4.78 is 0. The number of likely N-dealkylation sites (N-methyl/N-ethyl adjacent to an activating group) is 1. The number of nitrogens with one attached hydrogen (secondary N) is 1. The van der Waals surface area contributed by atoms with Gasteiger partial charge in [-0.2, -0.15) is 0 Å². The van der Waals surface area contributed by atoms with Crippen molar-refractivity contribution < 1.29 is 0 Å². The van der Waals surface area contributed by atoms with E-state index in [1.807, 2.05) is 0 Å². The minimum absolute atomic E-state index is 0.314.